The van der Waals surface area contributed by atoms with Crippen molar-refractivity contribution in [2.45, 2.75) is 57.4 Å². The third kappa shape index (κ3) is 9.01. The second-order valence-electron chi connectivity index (χ2n) is 10.3. The Morgan fingerprint density at radius 1 is 1.24 bits per heavy atom. The highest BCUT2D eigenvalue weighted by molar-refractivity contribution is 7.93. The number of hydrogen-bond donors (Lipinski definition) is 1. The Kier molecular flexibility index (Phi) is 10.3. The van der Waals surface area contributed by atoms with E-state index < -0.39 is 68.8 Å². The summed E-state index contributed by atoms with van der Waals surface area (Å²) in [5.74, 6) is -5.44. The summed E-state index contributed by atoms with van der Waals surface area (Å²) in [5.41, 5.74) is -3.53. The van der Waals surface area contributed by atoms with Crippen molar-refractivity contribution in [1.29, 1.82) is 5.26 Å². The molecule has 1 saturated carbocycles. The fourth-order valence-corrected chi connectivity index (χ4v) is 6.33. The van der Waals surface area contributed by atoms with Crippen molar-refractivity contribution in [3.8, 4) is 11.9 Å². The van der Waals surface area contributed by atoms with Crippen LogP contribution in [-0.4, -0.2) is 60.3 Å². The Morgan fingerprint density at radius 3 is 2.40 bits per heavy atom. The van der Waals surface area contributed by atoms with Crippen molar-refractivity contribution in [1.82, 2.24) is 20.1 Å². The first kappa shape index (κ1) is 35.4. The SMILES string of the molecule is CC/C(C#N)=C\C(C)=C(/CC(=O)NC1(CS(C)(=O)=NC(=O)C(F)(F)F)CC1)C(=O)c1cc(C(F)(F)F)nn1-c1ncccc1Cl. The summed E-state index contributed by atoms with van der Waals surface area (Å²) >= 11 is 6.13. The van der Waals surface area contributed by atoms with Crippen molar-refractivity contribution >= 4 is 38.9 Å². The minimum absolute atomic E-state index is 0.0527. The molecule has 0 saturated heterocycles. The van der Waals surface area contributed by atoms with Gasteiger partial charge >= 0.3 is 18.3 Å². The molecule has 242 valence electrons. The average molecular weight is 679 g/mol. The van der Waals surface area contributed by atoms with Gasteiger partial charge in [-0.1, -0.05) is 18.5 Å². The summed E-state index contributed by atoms with van der Waals surface area (Å²) < 4.78 is 95.1. The molecule has 2 heterocycles. The molecule has 1 atom stereocenters. The van der Waals surface area contributed by atoms with Gasteiger partial charge in [-0.2, -0.15) is 41.1 Å². The molecule has 0 radical (unpaired) electrons. The Labute approximate surface area is 258 Å². The molecule has 0 bridgehead atoms. The van der Waals surface area contributed by atoms with Gasteiger partial charge in [0, 0.05) is 29.7 Å². The number of nitrogens with one attached hydrogen (secondary N) is 1. The van der Waals surface area contributed by atoms with E-state index in [0.717, 1.165) is 6.26 Å². The maximum atomic E-state index is 13.9. The molecule has 45 heavy (non-hydrogen) atoms. The summed E-state index contributed by atoms with van der Waals surface area (Å²) in [6.07, 6.45) is -7.22. The third-order valence-electron chi connectivity index (χ3n) is 6.50. The van der Waals surface area contributed by atoms with Crippen molar-refractivity contribution in [3.05, 3.63) is 63.6 Å². The number of nitrogens with zero attached hydrogens (tertiary/aromatic N) is 5. The van der Waals surface area contributed by atoms with Crippen LogP contribution in [0, 0.1) is 11.3 Å². The van der Waals surface area contributed by atoms with Crippen molar-refractivity contribution in [2.24, 2.45) is 4.36 Å². The normalized spacial score (nSPS) is 16.6. The van der Waals surface area contributed by atoms with Gasteiger partial charge in [-0.3, -0.25) is 14.4 Å². The molecule has 10 nitrogen and oxygen atoms in total. The lowest BCUT2D eigenvalue weighted by molar-refractivity contribution is -0.169. The zero-order chi connectivity index (χ0) is 34.0. The van der Waals surface area contributed by atoms with E-state index in [1.54, 1.807) is 6.92 Å². The number of allylic oxidation sites excluding steroid dienone is 3. The summed E-state index contributed by atoms with van der Waals surface area (Å²) in [6.45, 7) is 3.00. The summed E-state index contributed by atoms with van der Waals surface area (Å²) in [6, 6.07) is 5.07. The molecular weight excluding hydrogens is 654 g/mol. The molecule has 2 aromatic heterocycles. The number of ketones is 1. The zero-order valence-electron chi connectivity index (χ0n) is 23.8. The quantitative estimate of drug-likeness (QED) is 0.114. The summed E-state index contributed by atoms with van der Waals surface area (Å²) in [7, 11) is -3.75. The van der Waals surface area contributed by atoms with Crippen LogP contribution < -0.4 is 5.32 Å². The van der Waals surface area contributed by atoms with Crippen molar-refractivity contribution in [3.63, 3.8) is 0 Å². The summed E-state index contributed by atoms with van der Waals surface area (Å²) in [5, 5.41) is 15.2. The van der Waals surface area contributed by atoms with Gasteiger partial charge < -0.3 is 5.32 Å². The maximum Gasteiger partial charge on any atom is 0.474 e. The van der Waals surface area contributed by atoms with Crippen LogP contribution in [0.1, 0.15) is 55.7 Å². The van der Waals surface area contributed by atoms with Gasteiger partial charge in [-0.25, -0.2) is 13.9 Å². The first-order valence-corrected chi connectivity index (χ1v) is 15.4. The number of Topliss-reactive ketones (excluding diaryl/α,β-unsaturated/α-hetero) is 1. The minimum atomic E-state index is -5.34. The number of carbonyl (C=O) groups excluding carboxylic acids is 3. The fourth-order valence-electron chi connectivity index (χ4n) is 4.22. The molecule has 1 aliphatic carbocycles. The van der Waals surface area contributed by atoms with Crippen LogP contribution in [0.5, 0.6) is 0 Å². The number of halogens is 7. The lowest BCUT2D eigenvalue weighted by atomic mass is 9.96. The molecule has 1 aliphatic rings. The predicted octanol–water partition coefficient (Wildman–Crippen LogP) is 5.52. The van der Waals surface area contributed by atoms with E-state index in [-0.39, 0.29) is 46.8 Å². The van der Waals surface area contributed by atoms with Gasteiger partial charge in [0.05, 0.1) is 38.5 Å². The molecule has 0 aliphatic heterocycles. The molecule has 18 heteroatoms. The van der Waals surface area contributed by atoms with Gasteiger partial charge in [0.15, 0.2) is 11.5 Å². The highest BCUT2D eigenvalue weighted by Crippen LogP contribution is 2.38. The largest absolute Gasteiger partial charge is 0.474 e. The fraction of sp³-hybridized carbons (Fsp3) is 0.407. The van der Waals surface area contributed by atoms with Crippen molar-refractivity contribution < 1.29 is 44.9 Å². The monoisotopic (exact) mass is 678 g/mol. The lowest BCUT2D eigenvalue weighted by Crippen LogP contribution is -2.42. The van der Waals surface area contributed by atoms with Crippen LogP contribution in [-0.2, 0) is 25.5 Å². The number of carbonyl (C=O) groups is 3. The Morgan fingerprint density at radius 2 is 1.89 bits per heavy atom. The molecule has 1 N–H and O–H groups in total. The molecule has 2 aromatic rings. The third-order valence-corrected chi connectivity index (χ3v) is 8.43. The number of rotatable bonds is 10. The van der Waals surface area contributed by atoms with Crippen LogP contribution in [0.3, 0.4) is 0 Å². The van der Waals surface area contributed by atoms with Crippen LogP contribution >= 0.6 is 11.6 Å². The number of nitriles is 1. The van der Waals surface area contributed by atoms with E-state index in [1.165, 1.54) is 31.3 Å². The van der Waals surface area contributed by atoms with Gasteiger partial charge in [0.25, 0.3) is 0 Å². The molecule has 3 rings (SSSR count). The molecule has 1 unspecified atom stereocenters. The number of amides is 2. The maximum absolute atomic E-state index is 13.9. The Bertz CT molecular complexity index is 1760. The summed E-state index contributed by atoms with van der Waals surface area (Å²) in [4.78, 5) is 42.3. The van der Waals surface area contributed by atoms with Gasteiger partial charge in [-0.15, -0.1) is 0 Å². The van der Waals surface area contributed by atoms with E-state index in [4.69, 9.17) is 11.6 Å². The smallest absolute Gasteiger partial charge is 0.349 e. The van der Waals surface area contributed by atoms with Gasteiger partial charge in [-0.05, 0) is 50.0 Å². The first-order chi connectivity index (χ1) is 20.7. The predicted molar refractivity (Wildman–Crippen MR) is 150 cm³/mol. The zero-order valence-corrected chi connectivity index (χ0v) is 25.4. The van der Waals surface area contributed by atoms with Crippen molar-refractivity contribution in [2.75, 3.05) is 12.0 Å². The lowest BCUT2D eigenvalue weighted by Gasteiger charge is -2.19. The highest BCUT2D eigenvalue weighted by atomic mass is 35.5. The molecule has 0 aromatic carbocycles. The number of aromatic nitrogens is 3. The number of alkyl halides is 6. The number of hydrogen-bond acceptors (Lipinski definition) is 7. The van der Waals surface area contributed by atoms with E-state index in [9.17, 15) is 50.2 Å². The van der Waals surface area contributed by atoms with E-state index in [2.05, 4.69) is 19.8 Å². The van der Waals surface area contributed by atoms with E-state index in [1.807, 2.05) is 6.07 Å². The standard InChI is InChI=1S/C27H25ClF6N6O4S/c1-4-16(13-35)10-15(2)17(11-21(41)37-25(7-8-25)14-45(3,44)39-24(43)27(32,33)34)22(42)19-12-20(26(29,30)31)38-40(19)23-18(28)6-5-9-36-23/h5-6,9-10,12H,4,7-8,11,14H2,1-3H3,(H,37,41)/b16-10+,17-15+. The Balaban J connectivity index is 2.05. The Hall–Kier alpha value is -4.04. The van der Waals surface area contributed by atoms with E-state index in [0.29, 0.717) is 10.7 Å². The average Bonchev–Trinajstić information content (AvgIpc) is 3.49. The molecular formula is C27H25ClF6N6O4S. The highest BCUT2D eigenvalue weighted by Gasteiger charge is 2.47. The van der Waals surface area contributed by atoms with E-state index >= 15 is 0 Å². The molecule has 0 spiro atoms. The van der Waals surface area contributed by atoms with Crippen LogP contribution in [0.2, 0.25) is 5.02 Å². The molecule has 2 amide bonds. The van der Waals surface area contributed by atoms with Crippen LogP contribution in [0.25, 0.3) is 5.82 Å². The minimum Gasteiger partial charge on any atom is -0.349 e. The second-order valence-corrected chi connectivity index (χ2v) is 13.1. The second kappa shape index (κ2) is 13.1. The topological polar surface area (TPSA) is 147 Å². The first-order valence-electron chi connectivity index (χ1n) is 13.0. The van der Waals surface area contributed by atoms with Crippen LogP contribution in [0.4, 0.5) is 26.3 Å². The van der Waals surface area contributed by atoms with Gasteiger partial charge in [0.1, 0.15) is 5.69 Å². The van der Waals surface area contributed by atoms with Gasteiger partial charge in [0.2, 0.25) is 11.7 Å². The van der Waals surface area contributed by atoms with Crippen LogP contribution in [0.15, 0.2) is 51.6 Å². The molecule has 1 fully saturated rings. The number of pyridine rings is 1.